The molecule has 1 unspecified atom stereocenters. The number of methoxy groups -OCH3 is 1. The standard InChI is InChI=1S/C15H24N2O2.ClH/c1-4-8-15(2,16)14(18)17-10-12-6-5-7-13(9-12)11-19-3;/h5-7,9H,4,8,10-11,16H2,1-3H3,(H,17,18);1H. The second-order valence-electron chi connectivity index (χ2n) is 5.10. The van der Waals surface area contributed by atoms with Crippen molar-refractivity contribution in [3.63, 3.8) is 0 Å². The second-order valence-corrected chi connectivity index (χ2v) is 5.10. The van der Waals surface area contributed by atoms with Crippen molar-refractivity contribution < 1.29 is 9.53 Å². The van der Waals surface area contributed by atoms with E-state index in [0.717, 1.165) is 17.5 Å². The molecule has 0 saturated heterocycles. The lowest BCUT2D eigenvalue weighted by Crippen LogP contribution is -2.51. The van der Waals surface area contributed by atoms with E-state index in [-0.39, 0.29) is 18.3 Å². The molecule has 1 amide bonds. The van der Waals surface area contributed by atoms with Gasteiger partial charge in [0.2, 0.25) is 5.91 Å². The minimum Gasteiger partial charge on any atom is -0.380 e. The van der Waals surface area contributed by atoms with Crippen LogP contribution in [-0.2, 0) is 22.7 Å². The third kappa shape index (κ3) is 5.90. The van der Waals surface area contributed by atoms with Gasteiger partial charge in [0.05, 0.1) is 12.1 Å². The Hall–Kier alpha value is -1.10. The summed E-state index contributed by atoms with van der Waals surface area (Å²) >= 11 is 0. The van der Waals surface area contributed by atoms with Crippen molar-refractivity contribution in [3.05, 3.63) is 35.4 Å². The molecular formula is C15H25ClN2O2. The van der Waals surface area contributed by atoms with Crippen LogP contribution in [0.15, 0.2) is 24.3 Å². The molecule has 0 spiro atoms. The Bertz CT molecular complexity index is 422. The van der Waals surface area contributed by atoms with E-state index in [2.05, 4.69) is 5.32 Å². The molecule has 1 aromatic rings. The van der Waals surface area contributed by atoms with Crippen LogP contribution in [0.25, 0.3) is 0 Å². The molecule has 0 aromatic heterocycles. The highest BCUT2D eigenvalue weighted by Crippen LogP contribution is 2.10. The van der Waals surface area contributed by atoms with Crippen LogP contribution in [0.2, 0.25) is 0 Å². The van der Waals surface area contributed by atoms with Crippen LogP contribution < -0.4 is 11.1 Å². The highest BCUT2D eigenvalue weighted by Gasteiger charge is 2.26. The minimum absolute atomic E-state index is 0. The zero-order valence-electron chi connectivity index (χ0n) is 12.4. The lowest BCUT2D eigenvalue weighted by atomic mass is 9.96. The minimum atomic E-state index is -0.793. The van der Waals surface area contributed by atoms with Crippen LogP contribution in [0.3, 0.4) is 0 Å². The van der Waals surface area contributed by atoms with Gasteiger partial charge in [-0.25, -0.2) is 0 Å². The van der Waals surface area contributed by atoms with Crippen molar-refractivity contribution in [2.24, 2.45) is 5.73 Å². The molecule has 3 N–H and O–H groups in total. The fourth-order valence-corrected chi connectivity index (χ4v) is 2.01. The molecule has 4 nitrogen and oxygen atoms in total. The third-order valence-corrected chi connectivity index (χ3v) is 3.04. The van der Waals surface area contributed by atoms with Gasteiger partial charge in [-0.05, 0) is 24.5 Å². The number of rotatable bonds is 7. The molecule has 0 fully saturated rings. The van der Waals surface area contributed by atoms with E-state index < -0.39 is 5.54 Å². The quantitative estimate of drug-likeness (QED) is 0.812. The van der Waals surface area contributed by atoms with E-state index in [4.69, 9.17) is 10.5 Å². The normalized spacial score (nSPS) is 13.2. The number of carbonyl (C=O) groups excluding carboxylic acids is 1. The molecule has 0 heterocycles. The monoisotopic (exact) mass is 300 g/mol. The Balaban J connectivity index is 0.00000361. The summed E-state index contributed by atoms with van der Waals surface area (Å²) < 4.78 is 5.09. The van der Waals surface area contributed by atoms with Gasteiger partial charge in [0.25, 0.3) is 0 Å². The number of hydrogen-bond donors (Lipinski definition) is 2. The number of hydrogen-bond acceptors (Lipinski definition) is 3. The average molecular weight is 301 g/mol. The van der Waals surface area contributed by atoms with E-state index in [1.807, 2.05) is 31.2 Å². The molecule has 1 aromatic carbocycles. The average Bonchev–Trinajstić information content (AvgIpc) is 2.36. The van der Waals surface area contributed by atoms with Crippen molar-refractivity contribution in [1.82, 2.24) is 5.32 Å². The van der Waals surface area contributed by atoms with Gasteiger partial charge in [-0.15, -0.1) is 12.4 Å². The smallest absolute Gasteiger partial charge is 0.240 e. The number of amides is 1. The summed E-state index contributed by atoms with van der Waals surface area (Å²) in [6.07, 6.45) is 1.58. The number of benzene rings is 1. The molecule has 1 atom stereocenters. The number of halogens is 1. The maximum atomic E-state index is 12.0. The van der Waals surface area contributed by atoms with Gasteiger partial charge >= 0.3 is 0 Å². The van der Waals surface area contributed by atoms with Crippen LogP contribution in [0.4, 0.5) is 0 Å². The van der Waals surface area contributed by atoms with Crippen molar-refractivity contribution in [3.8, 4) is 0 Å². The van der Waals surface area contributed by atoms with E-state index in [1.165, 1.54) is 0 Å². The van der Waals surface area contributed by atoms with Crippen LogP contribution in [0.5, 0.6) is 0 Å². The number of nitrogens with two attached hydrogens (primary N) is 1. The summed E-state index contributed by atoms with van der Waals surface area (Å²) in [7, 11) is 1.67. The summed E-state index contributed by atoms with van der Waals surface area (Å²) in [5.41, 5.74) is 7.33. The number of carbonyl (C=O) groups is 1. The topological polar surface area (TPSA) is 64.4 Å². The molecule has 0 bridgehead atoms. The predicted molar refractivity (Wildman–Crippen MR) is 83.8 cm³/mol. The van der Waals surface area contributed by atoms with Crippen molar-refractivity contribution in [2.45, 2.75) is 45.4 Å². The first-order valence-corrected chi connectivity index (χ1v) is 6.63. The lowest BCUT2D eigenvalue weighted by molar-refractivity contribution is -0.126. The SMILES string of the molecule is CCCC(C)(N)C(=O)NCc1cccc(COC)c1.Cl. The van der Waals surface area contributed by atoms with Gasteiger partial charge in [-0.1, -0.05) is 37.6 Å². The second kappa shape index (κ2) is 8.95. The maximum absolute atomic E-state index is 12.0. The molecular weight excluding hydrogens is 276 g/mol. The lowest BCUT2D eigenvalue weighted by Gasteiger charge is -2.22. The van der Waals surface area contributed by atoms with Crippen molar-refractivity contribution >= 4 is 18.3 Å². The Morgan fingerprint density at radius 3 is 2.65 bits per heavy atom. The van der Waals surface area contributed by atoms with Crippen LogP contribution in [0, 0.1) is 0 Å². The molecule has 114 valence electrons. The predicted octanol–water partition coefficient (Wildman–Crippen LogP) is 2.39. The van der Waals surface area contributed by atoms with Gasteiger partial charge in [0.1, 0.15) is 0 Å². The third-order valence-electron chi connectivity index (χ3n) is 3.04. The molecule has 0 saturated carbocycles. The molecule has 0 aliphatic heterocycles. The zero-order valence-corrected chi connectivity index (χ0v) is 13.3. The Labute approximate surface area is 127 Å². The summed E-state index contributed by atoms with van der Waals surface area (Å²) in [5.74, 6) is -0.105. The van der Waals surface area contributed by atoms with Crippen molar-refractivity contribution in [1.29, 1.82) is 0 Å². The fraction of sp³-hybridized carbons (Fsp3) is 0.533. The molecule has 0 aliphatic rings. The Morgan fingerprint density at radius 1 is 1.40 bits per heavy atom. The molecule has 0 aliphatic carbocycles. The molecule has 0 radical (unpaired) electrons. The van der Waals surface area contributed by atoms with E-state index in [9.17, 15) is 4.79 Å². The van der Waals surface area contributed by atoms with Gasteiger partial charge in [-0.3, -0.25) is 4.79 Å². The highest BCUT2D eigenvalue weighted by molar-refractivity contribution is 5.85. The van der Waals surface area contributed by atoms with E-state index in [0.29, 0.717) is 19.6 Å². The van der Waals surface area contributed by atoms with Crippen molar-refractivity contribution in [2.75, 3.05) is 7.11 Å². The molecule has 20 heavy (non-hydrogen) atoms. The van der Waals surface area contributed by atoms with Gasteiger partial charge in [0, 0.05) is 13.7 Å². The first-order chi connectivity index (χ1) is 8.99. The summed E-state index contributed by atoms with van der Waals surface area (Å²) in [4.78, 5) is 12.0. The maximum Gasteiger partial charge on any atom is 0.240 e. The number of ether oxygens (including phenoxy) is 1. The molecule has 5 heteroatoms. The Morgan fingerprint density at radius 2 is 2.05 bits per heavy atom. The van der Waals surface area contributed by atoms with Crippen LogP contribution in [-0.4, -0.2) is 18.6 Å². The van der Waals surface area contributed by atoms with E-state index >= 15 is 0 Å². The first-order valence-electron chi connectivity index (χ1n) is 6.63. The van der Waals surface area contributed by atoms with Gasteiger partial charge in [-0.2, -0.15) is 0 Å². The largest absolute Gasteiger partial charge is 0.380 e. The summed E-state index contributed by atoms with van der Waals surface area (Å²) in [6.45, 7) is 4.86. The van der Waals surface area contributed by atoms with Crippen LogP contribution >= 0.6 is 12.4 Å². The van der Waals surface area contributed by atoms with Gasteiger partial charge in [0.15, 0.2) is 0 Å². The number of nitrogens with one attached hydrogen (secondary N) is 1. The summed E-state index contributed by atoms with van der Waals surface area (Å²) in [5, 5.41) is 2.89. The summed E-state index contributed by atoms with van der Waals surface area (Å²) in [6, 6.07) is 7.97. The van der Waals surface area contributed by atoms with Gasteiger partial charge < -0.3 is 15.8 Å². The van der Waals surface area contributed by atoms with Crippen LogP contribution in [0.1, 0.15) is 37.8 Å². The molecule has 1 rings (SSSR count). The highest BCUT2D eigenvalue weighted by atomic mass is 35.5. The Kier molecular flexibility index (Phi) is 8.46. The zero-order chi connectivity index (χ0) is 14.3. The fourth-order valence-electron chi connectivity index (χ4n) is 2.01. The first kappa shape index (κ1) is 18.9. The van der Waals surface area contributed by atoms with E-state index in [1.54, 1.807) is 14.0 Å².